The Kier molecular flexibility index (Phi) is 4.68. The number of benzene rings is 2. The molecule has 0 amide bonds. The van der Waals surface area contributed by atoms with Gasteiger partial charge in [-0.15, -0.1) is 0 Å². The number of hydrogen-bond acceptors (Lipinski definition) is 3. The summed E-state index contributed by atoms with van der Waals surface area (Å²) in [6.07, 6.45) is 0.0731. The van der Waals surface area contributed by atoms with Gasteiger partial charge in [0.25, 0.3) is 0 Å². The van der Waals surface area contributed by atoms with E-state index < -0.39 is 0 Å². The number of hydrogen-bond donors (Lipinski definition) is 1. The molecule has 0 saturated carbocycles. The molecule has 2 aromatic carbocycles. The molecule has 0 aliphatic rings. The van der Waals surface area contributed by atoms with Gasteiger partial charge in [0.1, 0.15) is 11.6 Å². The lowest BCUT2D eigenvalue weighted by atomic mass is 10.2. The molecule has 21 heavy (non-hydrogen) atoms. The Morgan fingerprint density at radius 2 is 1.90 bits per heavy atom. The Balaban J connectivity index is 2.40. The molecule has 3 nitrogen and oxygen atoms in total. The van der Waals surface area contributed by atoms with E-state index in [0.29, 0.717) is 12.2 Å². The maximum Gasteiger partial charge on any atom is 0.125 e. The molecule has 0 unspecified atom stereocenters. The average Bonchev–Trinajstić information content (AvgIpc) is 2.38. The van der Waals surface area contributed by atoms with Crippen LogP contribution >= 0.6 is 0 Å². The highest BCUT2D eigenvalue weighted by Gasteiger charge is 2.11. The summed E-state index contributed by atoms with van der Waals surface area (Å²) in [5.41, 5.74) is 8.26. The molecule has 0 heterocycles. The average molecular weight is 288 g/mol. The zero-order valence-electron chi connectivity index (χ0n) is 12.6. The zero-order chi connectivity index (χ0) is 15.4. The summed E-state index contributed by atoms with van der Waals surface area (Å²) in [6.45, 7) is 6.64. The first-order valence-corrected chi connectivity index (χ1v) is 7.10. The van der Waals surface area contributed by atoms with E-state index in [4.69, 9.17) is 10.5 Å². The number of halogens is 1. The van der Waals surface area contributed by atoms with Crippen molar-refractivity contribution >= 4 is 17.1 Å². The number of nitrogens with two attached hydrogens (primary N) is 1. The Bertz CT molecular complexity index is 613. The highest BCUT2D eigenvalue weighted by molar-refractivity contribution is 5.68. The molecule has 4 heteroatoms. The minimum Gasteiger partial charge on any atom is -0.491 e. The number of rotatable bonds is 5. The second-order valence-electron chi connectivity index (χ2n) is 5.15. The fraction of sp³-hybridized carbons (Fsp3) is 0.294. The fourth-order valence-electron chi connectivity index (χ4n) is 2.26. The van der Waals surface area contributed by atoms with Crippen LogP contribution in [0.1, 0.15) is 20.8 Å². The standard InChI is InChI=1S/C17H21FN2O/c1-4-20(15-7-5-6-13(18)8-15)16-9-14(19)10-17(11-16)21-12(2)3/h5-12H,4,19H2,1-3H3. The van der Waals surface area contributed by atoms with Gasteiger partial charge in [0.2, 0.25) is 0 Å². The van der Waals surface area contributed by atoms with Crippen molar-refractivity contribution in [2.75, 3.05) is 17.2 Å². The van der Waals surface area contributed by atoms with E-state index in [2.05, 4.69) is 0 Å². The monoisotopic (exact) mass is 288 g/mol. The molecule has 0 bridgehead atoms. The molecule has 0 aromatic heterocycles. The largest absolute Gasteiger partial charge is 0.491 e. The summed E-state index contributed by atoms with van der Waals surface area (Å²) >= 11 is 0. The van der Waals surface area contributed by atoms with Crippen molar-refractivity contribution in [2.45, 2.75) is 26.9 Å². The maximum absolute atomic E-state index is 13.4. The topological polar surface area (TPSA) is 38.5 Å². The summed E-state index contributed by atoms with van der Waals surface area (Å²) in [7, 11) is 0. The molecule has 0 saturated heterocycles. The molecule has 0 aliphatic heterocycles. The lowest BCUT2D eigenvalue weighted by Gasteiger charge is -2.24. The normalized spacial score (nSPS) is 10.7. The summed E-state index contributed by atoms with van der Waals surface area (Å²) < 4.78 is 19.1. The van der Waals surface area contributed by atoms with Crippen LogP contribution in [-0.2, 0) is 0 Å². The van der Waals surface area contributed by atoms with Crippen LogP contribution in [0.5, 0.6) is 5.75 Å². The van der Waals surface area contributed by atoms with E-state index >= 15 is 0 Å². The van der Waals surface area contributed by atoms with Crippen molar-refractivity contribution in [1.82, 2.24) is 0 Å². The van der Waals surface area contributed by atoms with Gasteiger partial charge in [0, 0.05) is 35.7 Å². The van der Waals surface area contributed by atoms with Crippen LogP contribution in [-0.4, -0.2) is 12.6 Å². The van der Waals surface area contributed by atoms with Crippen LogP contribution in [0, 0.1) is 5.82 Å². The molecule has 0 fully saturated rings. The zero-order valence-corrected chi connectivity index (χ0v) is 12.6. The molecule has 2 rings (SSSR count). The molecule has 0 radical (unpaired) electrons. The van der Waals surface area contributed by atoms with E-state index in [0.717, 1.165) is 17.1 Å². The van der Waals surface area contributed by atoms with E-state index in [-0.39, 0.29) is 11.9 Å². The van der Waals surface area contributed by atoms with Crippen molar-refractivity contribution in [3.8, 4) is 5.75 Å². The van der Waals surface area contributed by atoms with Crippen molar-refractivity contribution in [3.63, 3.8) is 0 Å². The third-order valence-corrected chi connectivity index (χ3v) is 3.03. The quantitative estimate of drug-likeness (QED) is 0.831. The predicted octanol–water partition coefficient (Wildman–Crippen LogP) is 4.35. The van der Waals surface area contributed by atoms with Crippen LogP contribution in [0.15, 0.2) is 42.5 Å². The van der Waals surface area contributed by atoms with Gasteiger partial charge in [-0.1, -0.05) is 6.07 Å². The first-order chi connectivity index (χ1) is 9.99. The third-order valence-electron chi connectivity index (χ3n) is 3.03. The van der Waals surface area contributed by atoms with Crippen LogP contribution < -0.4 is 15.4 Å². The Morgan fingerprint density at radius 1 is 1.14 bits per heavy atom. The molecule has 0 spiro atoms. The van der Waals surface area contributed by atoms with Gasteiger partial charge in [-0.3, -0.25) is 0 Å². The van der Waals surface area contributed by atoms with Crippen LogP contribution in [0.4, 0.5) is 21.5 Å². The van der Waals surface area contributed by atoms with Gasteiger partial charge < -0.3 is 15.4 Å². The van der Waals surface area contributed by atoms with E-state index in [1.165, 1.54) is 12.1 Å². The van der Waals surface area contributed by atoms with E-state index in [1.54, 1.807) is 12.1 Å². The lowest BCUT2D eigenvalue weighted by Crippen LogP contribution is -2.17. The highest BCUT2D eigenvalue weighted by atomic mass is 19.1. The Morgan fingerprint density at radius 3 is 2.52 bits per heavy atom. The molecular weight excluding hydrogens is 267 g/mol. The van der Waals surface area contributed by atoms with Gasteiger partial charge in [-0.05, 0) is 45.0 Å². The summed E-state index contributed by atoms with van der Waals surface area (Å²) in [4.78, 5) is 1.99. The van der Waals surface area contributed by atoms with E-state index in [9.17, 15) is 4.39 Å². The summed E-state index contributed by atoms with van der Waals surface area (Å²) in [5.74, 6) is 0.461. The Labute approximate surface area is 125 Å². The molecule has 0 atom stereocenters. The highest BCUT2D eigenvalue weighted by Crippen LogP contribution is 2.31. The third kappa shape index (κ3) is 3.88. The summed E-state index contributed by atoms with van der Waals surface area (Å²) in [5, 5.41) is 0. The number of nitrogens with zero attached hydrogens (tertiary/aromatic N) is 1. The van der Waals surface area contributed by atoms with Crippen LogP contribution in [0.3, 0.4) is 0 Å². The van der Waals surface area contributed by atoms with Crippen LogP contribution in [0.2, 0.25) is 0 Å². The van der Waals surface area contributed by atoms with E-state index in [1.807, 2.05) is 43.9 Å². The lowest BCUT2D eigenvalue weighted by molar-refractivity contribution is 0.242. The molecule has 2 N–H and O–H groups in total. The summed E-state index contributed by atoms with van der Waals surface area (Å²) in [6, 6.07) is 12.1. The molecule has 112 valence electrons. The predicted molar refractivity (Wildman–Crippen MR) is 85.7 cm³/mol. The maximum atomic E-state index is 13.4. The molecule has 0 aliphatic carbocycles. The molecular formula is C17H21FN2O. The van der Waals surface area contributed by atoms with Crippen molar-refractivity contribution in [1.29, 1.82) is 0 Å². The number of nitrogen functional groups attached to an aromatic ring is 1. The van der Waals surface area contributed by atoms with Gasteiger partial charge in [-0.2, -0.15) is 0 Å². The fourth-order valence-corrected chi connectivity index (χ4v) is 2.26. The number of ether oxygens (including phenoxy) is 1. The van der Waals surface area contributed by atoms with Gasteiger partial charge in [0.15, 0.2) is 0 Å². The van der Waals surface area contributed by atoms with Gasteiger partial charge in [-0.25, -0.2) is 4.39 Å². The smallest absolute Gasteiger partial charge is 0.125 e. The first kappa shape index (κ1) is 15.2. The first-order valence-electron chi connectivity index (χ1n) is 7.10. The second-order valence-corrected chi connectivity index (χ2v) is 5.15. The van der Waals surface area contributed by atoms with Crippen molar-refractivity contribution in [2.24, 2.45) is 0 Å². The van der Waals surface area contributed by atoms with Gasteiger partial charge >= 0.3 is 0 Å². The number of anilines is 3. The van der Waals surface area contributed by atoms with Crippen molar-refractivity contribution in [3.05, 3.63) is 48.3 Å². The molecule has 2 aromatic rings. The van der Waals surface area contributed by atoms with Crippen LogP contribution in [0.25, 0.3) is 0 Å². The Hall–Kier alpha value is -2.23. The minimum absolute atomic E-state index is 0.0731. The minimum atomic E-state index is -0.256. The van der Waals surface area contributed by atoms with Crippen molar-refractivity contribution < 1.29 is 9.13 Å². The second kappa shape index (κ2) is 6.48. The SMILES string of the molecule is CCN(c1cccc(F)c1)c1cc(N)cc(OC(C)C)c1. The van der Waals surface area contributed by atoms with Gasteiger partial charge in [0.05, 0.1) is 6.10 Å².